The van der Waals surface area contributed by atoms with Gasteiger partial charge in [0.05, 0.1) is 6.54 Å². The molecule has 2 aliphatic heterocycles. The van der Waals surface area contributed by atoms with E-state index in [1.807, 2.05) is 18.2 Å². The number of hydrogen-bond acceptors (Lipinski definition) is 5. The van der Waals surface area contributed by atoms with Crippen LogP contribution in [-0.4, -0.2) is 95.7 Å². The zero-order chi connectivity index (χ0) is 23.0. The smallest absolute Gasteiger partial charge is 0.320 e. The van der Waals surface area contributed by atoms with Crippen LogP contribution in [-0.2, 0) is 11.3 Å². The zero-order valence-corrected chi connectivity index (χ0v) is 23.3. The summed E-state index contributed by atoms with van der Waals surface area (Å²) >= 11 is 0. The van der Waals surface area contributed by atoms with E-state index in [2.05, 4.69) is 37.5 Å². The molecule has 3 fully saturated rings. The van der Waals surface area contributed by atoms with Gasteiger partial charge in [-0.1, -0.05) is 30.3 Å². The van der Waals surface area contributed by atoms with Crippen LogP contribution < -0.4 is 10.6 Å². The van der Waals surface area contributed by atoms with Gasteiger partial charge in [0.2, 0.25) is 0 Å². The Morgan fingerprint density at radius 3 is 2.11 bits per heavy atom. The van der Waals surface area contributed by atoms with Gasteiger partial charge in [-0.05, 0) is 57.2 Å². The third-order valence-electron chi connectivity index (χ3n) is 7.53. The Hall–Kier alpha value is -1.29. The van der Waals surface area contributed by atoms with Crippen LogP contribution in [0.1, 0.15) is 44.1 Å². The van der Waals surface area contributed by atoms with Crippen molar-refractivity contribution in [1.29, 1.82) is 0 Å². The molecule has 0 bridgehead atoms. The van der Waals surface area contributed by atoms with Crippen molar-refractivity contribution in [2.75, 3.05) is 45.8 Å². The van der Waals surface area contributed by atoms with Gasteiger partial charge < -0.3 is 25.5 Å². The number of carboxylic acids is 1. The Bertz CT molecular complexity index is 769. The number of nitrogens with one attached hydrogen (secondary N) is 2. The van der Waals surface area contributed by atoms with E-state index >= 15 is 0 Å². The second-order valence-corrected chi connectivity index (χ2v) is 9.68. The van der Waals surface area contributed by atoms with Crippen molar-refractivity contribution >= 4 is 49.2 Å². The summed E-state index contributed by atoms with van der Waals surface area (Å²) in [5, 5.41) is 15.5. The van der Waals surface area contributed by atoms with Gasteiger partial charge in [0, 0.05) is 50.8 Å². The molecule has 0 radical (unpaired) electrons. The first-order valence-corrected chi connectivity index (χ1v) is 12.6. The third kappa shape index (κ3) is 9.23. The lowest BCUT2D eigenvalue weighted by molar-refractivity contribution is -0.136. The van der Waals surface area contributed by atoms with Crippen LogP contribution in [0.3, 0.4) is 0 Å². The van der Waals surface area contributed by atoms with E-state index in [-0.39, 0.29) is 61.9 Å². The average molecular weight is 567 g/mol. The molecule has 4 rings (SSSR count). The number of hydrogen-bond donors (Lipinski definition) is 3. The molecule has 206 valence electrons. The molecule has 0 unspecified atom stereocenters. The molecule has 1 aromatic carbocycles. The molecule has 36 heavy (non-hydrogen) atoms. The topological polar surface area (TPSA) is 88.1 Å². The van der Waals surface area contributed by atoms with Crippen molar-refractivity contribution < 1.29 is 14.7 Å². The Labute approximate surface area is 233 Å². The van der Waals surface area contributed by atoms with Crippen molar-refractivity contribution in [3.63, 3.8) is 0 Å². The van der Waals surface area contributed by atoms with Gasteiger partial charge in [-0.3, -0.25) is 9.69 Å². The number of benzene rings is 1. The average Bonchev–Trinajstić information content (AvgIpc) is 2.87. The normalized spacial score (nSPS) is 22.9. The number of carbonyl (C=O) groups excluding carboxylic acids is 1. The van der Waals surface area contributed by atoms with E-state index in [0.717, 1.165) is 70.5 Å². The predicted octanol–water partition coefficient (Wildman–Crippen LogP) is 3.23. The van der Waals surface area contributed by atoms with Gasteiger partial charge >= 0.3 is 12.0 Å². The summed E-state index contributed by atoms with van der Waals surface area (Å²) in [6, 6.07) is 11.5. The molecule has 11 heteroatoms. The second kappa shape index (κ2) is 16.5. The molecule has 0 atom stereocenters. The van der Waals surface area contributed by atoms with Gasteiger partial charge in [-0.15, -0.1) is 37.2 Å². The van der Waals surface area contributed by atoms with Gasteiger partial charge in [0.25, 0.3) is 0 Å². The molecular weight excluding hydrogens is 525 g/mol. The largest absolute Gasteiger partial charge is 0.480 e. The van der Waals surface area contributed by atoms with E-state index in [1.54, 1.807) is 0 Å². The minimum atomic E-state index is -0.818. The summed E-state index contributed by atoms with van der Waals surface area (Å²) in [7, 11) is 0. The summed E-state index contributed by atoms with van der Waals surface area (Å²) in [4.78, 5) is 31.3. The number of amides is 2. The van der Waals surface area contributed by atoms with Crippen LogP contribution in [0.25, 0.3) is 0 Å². The fourth-order valence-electron chi connectivity index (χ4n) is 5.59. The molecule has 1 aromatic rings. The fourth-order valence-corrected chi connectivity index (χ4v) is 5.59. The summed E-state index contributed by atoms with van der Waals surface area (Å²) in [5.74, 6) is -0.818. The minimum Gasteiger partial charge on any atom is -0.480 e. The minimum absolute atomic E-state index is 0. The third-order valence-corrected chi connectivity index (χ3v) is 7.53. The number of rotatable bonds is 7. The Morgan fingerprint density at radius 2 is 1.53 bits per heavy atom. The number of aliphatic carboxylic acids is 1. The molecule has 8 nitrogen and oxygen atoms in total. The van der Waals surface area contributed by atoms with Crippen molar-refractivity contribution in [1.82, 2.24) is 25.3 Å². The zero-order valence-electron chi connectivity index (χ0n) is 20.8. The number of piperazine rings is 1. The maximum Gasteiger partial charge on any atom is 0.320 e. The van der Waals surface area contributed by atoms with E-state index in [9.17, 15) is 9.59 Å². The van der Waals surface area contributed by atoms with Crippen molar-refractivity contribution in [3.05, 3.63) is 35.9 Å². The van der Waals surface area contributed by atoms with Crippen LogP contribution >= 0.6 is 37.2 Å². The molecule has 3 N–H and O–H groups in total. The maximum atomic E-state index is 13.7. The molecule has 2 heterocycles. The number of carboxylic acid groups (broad SMARTS) is 1. The van der Waals surface area contributed by atoms with Crippen molar-refractivity contribution in [2.45, 2.75) is 63.2 Å². The fraction of sp³-hybridized carbons (Fsp3) is 0.680. The number of carbonyl (C=O) groups is 2. The highest BCUT2D eigenvalue weighted by Crippen LogP contribution is 2.26. The molecule has 1 aliphatic carbocycles. The summed E-state index contributed by atoms with van der Waals surface area (Å²) in [6.45, 7) is 6.34. The van der Waals surface area contributed by atoms with E-state index < -0.39 is 5.97 Å². The lowest BCUT2D eigenvalue weighted by Crippen LogP contribution is -2.57. The highest BCUT2D eigenvalue weighted by Gasteiger charge is 2.34. The summed E-state index contributed by atoms with van der Waals surface area (Å²) in [5.41, 5.74) is 1.16. The van der Waals surface area contributed by atoms with Crippen LogP contribution in [0.2, 0.25) is 0 Å². The van der Waals surface area contributed by atoms with Crippen LogP contribution in [0.15, 0.2) is 30.3 Å². The molecule has 0 aromatic heterocycles. The molecular formula is C25H42Cl3N5O3. The molecule has 2 amide bonds. The van der Waals surface area contributed by atoms with Crippen LogP contribution in [0.5, 0.6) is 0 Å². The summed E-state index contributed by atoms with van der Waals surface area (Å²) in [6.07, 6.45) is 6.02. The monoisotopic (exact) mass is 565 g/mol. The van der Waals surface area contributed by atoms with E-state index in [4.69, 9.17) is 5.11 Å². The Morgan fingerprint density at radius 1 is 0.917 bits per heavy atom. The van der Waals surface area contributed by atoms with Crippen LogP contribution in [0.4, 0.5) is 4.79 Å². The van der Waals surface area contributed by atoms with E-state index in [0.29, 0.717) is 12.6 Å². The van der Waals surface area contributed by atoms with E-state index in [1.165, 1.54) is 12.8 Å². The van der Waals surface area contributed by atoms with Gasteiger partial charge in [0.15, 0.2) is 0 Å². The first-order chi connectivity index (χ1) is 16.1. The van der Waals surface area contributed by atoms with Crippen LogP contribution in [0, 0.1) is 0 Å². The molecule has 2 saturated heterocycles. The maximum absolute atomic E-state index is 13.7. The second-order valence-electron chi connectivity index (χ2n) is 9.68. The molecule has 1 saturated carbocycles. The van der Waals surface area contributed by atoms with Gasteiger partial charge in [0.1, 0.15) is 0 Å². The SMILES string of the molecule is Cl.Cl.Cl.O=C(O)CNC1CCC(N(Cc2ccccc2)C(=O)N2CCN(C3CCNCC3)CC2)CC1. The molecule has 0 spiro atoms. The summed E-state index contributed by atoms with van der Waals surface area (Å²) < 4.78 is 0. The lowest BCUT2D eigenvalue weighted by Gasteiger charge is -2.44. The van der Waals surface area contributed by atoms with Gasteiger partial charge in [-0.2, -0.15) is 0 Å². The quantitative estimate of drug-likeness (QED) is 0.470. The Balaban J connectivity index is 0.00000216. The predicted molar refractivity (Wildman–Crippen MR) is 150 cm³/mol. The number of piperidine rings is 1. The first kappa shape index (κ1) is 32.7. The van der Waals surface area contributed by atoms with Crippen molar-refractivity contribution in [2.24, 2.45) is 0 Å². The van der Waals surface area contributed by atoms with Crippen molar-refractivity contribution in [3.8, 4) is 0 Å². The van der Waals surface area contributed by atoms with Gasteiger partial charge in [-0.25, -0.2) is 4.79 Å². The highest BCUT2D eigenvalue weighted by molar-refractivity contribution is 5.86. The molecule has 3 aliphatic rings. The highest BCUT2D eigenvalue weighted by atomic mass is 35.5. The number of halogens is 3. The standard InChI is InChI=1S/C25H39N5O3.3ClH/c31-24(32)18-27-21-6-8-23(9-7-21)30(19-20-4-2-1-3-5-20)25(33)29-16-14-28(15-17-29)22-10-12-26-13-11-22;;;/h1-5,21-23,26-27H,6-19H2,(H,31,32);3*1H. The Kier molecular flexibility index (Phi) is 15.0. The number of nitrogens with zero attached hydrogens (tertiary/aromatic N) is 3. The first-order valence-electron chi connectivity index (χ1n) is 12.6. The number of urea groups is 1. The lowest BCUT2D eigenvalue weighted by atomic mass is 9.90.